The van der Waals surface area contributed by atoms with Gasteiger partial charge in [-0.05, 0) is 46.0 Å². The van der Waals surface area contributed by atoms with Gasteiger partial charge in [0.1, 0.15) is 11.6 Å². The van der Waals surface area contributed by atoms with Gasteiger partial charge in [0, 0.05) is 11.8 Å². The maximum atomic E-state index is 11.9. The van der Waals surface area contributed by atoms with Crippen LogP contribution in [0.25, 0.3) is 0 Å². The molecule has 0 unspecified atom stereocenters. The third-order valence-corrected chi connectivity index (χ3v) is 3.86. The molecule has 0 bridgehead atoms. The molecule has 1 saturated carbocycles. The summed E-state index contributed by atoms with van der Waals surface area (Å²) in [4.78, 5) is 23.7. The smallest absolute Gasteiger partial charge is 0.408 e. The second-order valence-corrected chi connectivity index (χ2v) is 6.80. The minimum absolute atomic E-state index is 0.376. The number of alkyl carbamates (subject to hydrolysis) is 1. The number of methoxy groups -OCH3 is 1. The van der Waals surface area contributed by atoms with Gasteiger partial charge >= 0.3 is 12.1 Å². The molecule has 0 saturated heterocycles. The fourth-order valence-corrected chi connectivity index (χ4v) is 2.91. The Kier molecular flexibility index (Phi) is 4.46. The van der Waals surface area contributed by atoms with Crippen LogP contribution >= 0.6 is 0 Å². The molecule has 0 radical (unpaired) electrons. The van der Waals surface area contributed by atoms with Crippen molar-refractivity contribution in [3.8, 4) is 11.8 Å². The van der Waals surface area contributed by atoms with Crippen molar-refractivity contribution in [2.24, 2.45) is 17.8 Å². The topological polar surface area (TPSA) is 64.6 Å². The van der Waals surface area contributed by atoms with Crippen molar-refractivity contribution in [3.05, 3.63) is 0 Å². The Labute approximate surface area is 125 Å². The summed E-state index contributed by atoms with van der Waals surface area (Å²) in [5, 5.41) is 2.62. The van der Waals surface area contributed by atoms with Crippen molar-refractivity contribution >= 4 is 12.1 Å². The van der Waals surface area contributed by atoms with Crippen molar-refractivity contribution in [2.75, 3.05) is 7.11 Å². The van der Waals surface area contributed by atoms with Gasteiger partial charge in [-0.15, -0.1) is 0 Å². The molecule has 0 spiro atoms. The number of nitrogens with one attached hydrogen (secondary N) is 1. The molecule has 0 aliphatic heterocycles. The fourth-order valence-electron chi connectivity index (χ4n) is 2.91. The van der Waals surface area contributed by atoms with Gasteiger partial charge in [-0.25, -0.2) is 9.59 Å². The quantitative estimate of drug-likeness (QED) is 0.637. The van der Waals surface area contributed by atoms with Crippen LogP contribution < -0.4 is 5.32 Å². The number of hydrogen-bond acceptors (Lipinski definition) is 4. The number of fused-ring (bicyclic) bond motifs is 1. The van der Waals surface area contributed by atoms with Crippen LogP contribution in [0.4, 0.5) is 4.79 Å². The lowest BCUT2D eigenvalue weighted by atomic mass is 9.89. The summed E-state index contributed by atoms with van der Waals surface area (Å²) in [5.74, 6) is 7.20. The van der Waals surface area contributed by atoms with E-state index in [1.807, 2.05) is 0 Å². The summed E-state index contributed by atoms with van der Waals surface area (Å²) < 4.78 is 9.98. The molecule has 1 N–H and O–H groups in total. The predicted octanol–water partition coefficient (Wildman–Crippen LogP) is 2.10. The minimum Gasteiger partial charge on any atom is -0.467 e. The van der Waals surface area contributed by atoms with E-state index in [1.165, 1.54) is 7.11 Å². The number of carbonyl (C=O) groups is 2. The molecule has 2 aliphatic carbocycles. The van der Waals surface area contributed by atoms with Crippen LogP contribution in [0.3, 0.4) is 0 Å². The van der Waals surface area contributed by atoms with E-state index in [-0.39, 0.29) is 0 Å². The van der Waals surface area contributed by atoms with Crippen LogP contribution in [0.1, 0.15) is 40.0 Å². The molecule has 1 amide bonds. The summed E-state index contributed by atoms with van der Waals surface area (Å²) in [7, 11) is 1.33. The average Bonchev–Trinajstić information content (AvgIpc) is 2.61. The van der Waals surface area contributed by atoms with Gasteiger partial charge in [-0.2, -0.15) is 0 Å². The number of amides is 1. The molecule has 116 valence electrons. The third-order valence-electron chi connectivity index (χ3n) is 3.86. The normalized spacial score (nSPS) is 27.5. The van der Waals surface area contributed by atoms with Crippen LogP contribution in [0.2, 0.25) is 0 Å². The molecule has 0 aromatic rings. The van der Waals surface area contributed by atoms with Gasteiger partial charge in [0.15, 0.2) is 0 Å². The van der Waals surface area contributed by atoms with E-state index in [9.17, 15) is 9.59 Å². The summed E-state index contributed by atoms with van der Waals surface area (Å²) in [6.45, 7) is 5.35. The first-order valence-corrected chi connectivity index (χ1v) is 7.37. The van der Waals surface area contributed by atoms with Crippen molar-refractivity contribution in [3.63, 3.8) is 0 Å². The van der Waals surface area contributed by atoms with Crippen molar-refractivity contribution in [1.82, 2.24) is 5.32 Å². The van der Waals surface area contributed by atoms with E-state index in [1.54, 1.807) is 20.8 Å². The van der Waals surface area contributed by atoms with Crippen LogP contribution in [0, 0.1) is 29.6 Å². The Morgan fingerprint density at radius 3 is 2.24 bits per heavy atom. The Morgan fingerprint density at radius 2 is 1.81 bits per heavy atom. The van der Waals surface area contributed by atoms with Crippen LogP contribution in [-0.2, 0) is 14.3 Å². The summed E-state index contributed by atoms with van der Waals surface area (Å²) in [6, 6.07) is -0.660. The van der Waals surface area contributed by atoms with Gasteiger partial charge in [0.2, 0.25) is 0 Å². The molecule has 1 fully saturated rings. The molecule has 5 heteroatoms. The molecule has 0 aromatic heterocycles. The zero-order valence-corrected chi connectivity index (χ0v) is 13.1. The van der Waals surface area contributed by atoms with Crippen LogP contribution in [0.5, 0.6) is 0 Å². The third kappa shape index (κ3) is 4.13. The highest BCUT2D eigenvalue weighted by molar-refractivity contribution is 5.81. The first-order valence-electron chi connectivity index (χ1n) is 7.37. The number of esters is 1. The number of ether oxygens (including phenoxy) is 2. The molecule has 4 atom stereocenters. The van der Waals surface area contributed by atoms with E-state index in [0.29, 0.717) is 24.2 Å². The predicted molar refractivity (Wildman–Crippen MR) is 77.3 cm³/mol. The SMILES string of the molecule is COC(=O)[C@H](C[C@H]1C[C@H]2C#C[C@H]2C1)NC(=O)OC(C)(C)C. The van der Waals surface area contributed by atoms with E-state index < -0.39 is 23.7 Å². The molecule has 0 aromatic carbocycles. The van der Waals surface area contributed by atoms with E-state index >= 15 is 0 Å². The maximum Gasteiger partial charge on any atom is 0.408 e. The lowest BCUT2D eigenvalue weighted by Crippen LogP contribution is -2.44. The number of carbonyl (C=O) groups excluding carboxylic acids is 2. The highest BCUT2D eigenvalue weighted by atomic mass is 16.6. The van der Waals surface area contributed by atoms with Gasteiger partial charge in [0.05, 0.1) is 7.11 Å². The van der Waals surface area contributed by atoms with E-state index in [4.69, 9.17) is 9.47 Å². The highest BCUT2D eigenvalue weighted by Gasteiger charge is 2.38. The second-order valence-electron chi connectivity index (χ2n) is 6.80. The number of hydrogen-bond donors (Lipinski definition) is 1. The highest BCUT2D eigenvalue weighted by Crippen LogP contribution is 2.41. The van der Waals surface area contributed by atoms with Crippen molar-refractivity contribution < 1.29 is 19.1 Å². The lowest BCUT2D eigenvalue weighted by molar-refractivity contribution is -0.143. The average molecular weight is 293 g/mol. The molecular formula is C16H23NO4. The molecule has 0 heterocycles. The Balaban J connectivity index is 1.89. The summed E-state index contributed by atoms with van der Waals surface area (Å²) in [5.41, 5.74) is -0.592. The fraction of sp³-hybridized carbons (Fsp3) is 0.750. The monoisotopic (exact) mass is 293 g/mol. The van der Waals surface area contributed by atoms with Crippen LogP contribution in [0.15, 0.2) is 0 Å². The maximum absolute atomic E-state index is 11.9. The lowest BCUT2D eigenvalue weighted by Gasteiger charge is -2.23. The zero-order valence-electron chi connectivity index (χ0n) is 13.1. The second kappa shape index (κ2) is 5.97. The molecular weight excluding hydrogens is 270 g/mol. The largest absolute Gasteiger partial charge is 0.467 e. The molecule has 2 rings (SSSR count). The zero-order chi connectivity index (χ0) is 15.6. The van der Waals surface area contributed by atoms with Gasteiger partial charge in [-0.3, -0.25) is 0 Å². The summed E-state index contributed by atoms with van der Waals surface area (Å²) >= 11 is 0. The standard InChI is InChI=1S/C16H23NO4/c1-16(2,3)21-15(19)17-13(14(18)20-4)9-10-7-11-5-6-12(11)8-10/h10-13H,7-9H2,1-4H3,(H,17,19)/t10-,11+,12-,13-/m0/s1. The first-order chi connectivity index (χ1) is 9.78. The Hall–Kier alpha value is -1.70. The van der Waals surface area contributed by atoms with Crippen molar-refractivity contribution in [1.29, 1.82) is 0 Å². The Morgan fingerprint density at radius 1 is 1.24 bits per heavy atom. The molecule has 21 heavy (non-hydrogen) atoms. The van der Waals surface area contributed by atoms with Gasteiger partial charge in [-0.1, -0.05) is 11.8 Å². The molecule has 2 aliphatic rings. The van der Waals surface area contributed by atoms with Crippen molar-refractivity contribution in [2.45, 2.75) is 51.7 Å². The molecule has 5 nitrogen and oxygen atoms in total. The van der Waals surface area contributed by atoms with Gasteiger partial charge in [0.25, 0.3) is 0 Å². The first kappa shape index (κ1) is 15.7. The number of rotatable bonds is 4. The minimum atomic E-state index is -0.660. The van der Waals surface area contributed by atoms with E-state index in [2.05, 4.69) is 17.2 Å². The van der Waals surface area contributed by atoms with E-state index in [0.717, 1.165) is 12.8 Å². The summed E-state index contributed by atoms with van der Waals surface area (Å²) in [6.07, 6.45) is 1.99. The van der Waals surface area contributed by atoms with Crippen LogP contribution in [-0.4, -0.2) is 30.8 Å². The Bertz CT molecular complexity index is 467. The van der Waals surface area contributed by atoms with Gasteiger partial charge < -0.3 is 14.8 Å².